The Kier molecular flexibility index (Phi) is 6.87. The minimum atomic E-state index is 0.0711. The van der Waals surface area contributed by atoms with Crippen LogP contribution in [0.15, 0.2) is 18.2 Å². The average Bonchev–Trinajstić information content (AvgIpc) is 2.46. The Morgan fingerprint density at radius 1 is 1.40 bits per heavy atom. The van der Waals surface area contributed by atoms with Crippen molar-refractivity contribution in [1.82, 2.24) is 0 Å². The first-order chi connectivity index (χ1) is 9.60. The topological polar surface area (TPSA) is 67.6 Å². The summed E-state index contributed by atoms with van der Waals surface area (Å²) in [6.07, 6.45) is 1.41. The number of nitrogens with one attached hydrogen (secondary N) is 1. The molecule has 0 aliphatic rings. The molecule has 0 bridgehead atoms. The maximum Gasteiger partial charge on any atom is 0.226 e. The van der Waals surface area contributed by atoms with Crippen molar-refractivity contribution in [3.05, 3.63) is 18.2 Å². The van der Waals surface area contributed by atoms with E-state index in [0.717, 1.165) is 37.6 Å². The molecule has 5 heteroatoms. The molecule has 1 aromatic carbocycles. The van der Waals surface area contributed by atoms with Crippen LogP contribution in [0.1, 0.15) is 26.7 Å². The van der Waals surface area contributed by atoms with Gasteiger partial charge in [0.15, 0.2) is 0 Å². The van der Waals surface area contributed by atoms with Crippen molar-refractivity contribution in [3.8, 4) is 0 Å². The maximum absolute atomic E-state index is 11.6. The second-order valence-electron chi connectivity index (χ2n) is 4.56. The molecule has 0 aliphatic carbocycles. The number of nitrogens with zero attached hydrogens (tertiary/aromatic N) is 1. The van der Waals surface area contributed by atoms with Gasteiger partial charge in [-0.3, -0.25) is 4.79 Å². The van der Waals surface area contributed by atoms with Crippen LogP contribution < -0.4 is 16.0 Å². The molecule has 5 nitrogen and oxygen atoms in total. The van der Waals surface area contributed by atoms with Gasteiger partial charge in [-0.1, -0.05) is 6.92 Å². The molecule has 0 spiro atoms. The van der Waals surface area contributed by atoms with E-state index in [-0.39, 0.29) is 5.91 Å². The molecule has 0 heterocycles. The van der Waals surface area contributed by atoms with Crippen LogP contribution in [-0.4, -0.2) is 32.7 Å². The van der Waals surface area contributed by atoms with Crippen molar-refractivity contribution in [2.24, 2.45) is 0 Å². The van der Waals surface area contributed by atoms with E-state index in [2.05, 4.69) is 5.32 Å². The molecule has 0 aliphatic heterocycles. The molecular weight excluding hydrogens is 254 g/mol. The lowest BCUT2D eigenvalue weighted by Gasteiger charge is -2.18. The fraction of sp³-hybridized carbons (Fsp3) is 0.533. The Morgan fingerprint density at radius 3 is 2.75 bits per heavy atom. The van der Waals surface area contributed by atoms with Crippen molar-refractivity contribution < 1.29 is 9.53 Å². The number of nitrogen functional groups attached to an aromatic ring is 1. The first-order valence-electron chi connectivity index (χ1n) is 7.07. The molecule has 1 rings (SSSR count). The Bertz CT molecular complexity index is 435. The number of ether oxygens (including phenoxy) is 1. The molecular formula is C15H25N3O2. The number of carbonyl (C=O) groups excluding carboxylic acids is 1. The predicted molar refractivity (Wildman–Crippen MR) is 84.2 cm³/mol. The van der Waals surface area contributed by atoms with Crippen molar-refractivity contribution in [2.75, 3.05) is 42.8 Å². The van der Waals surface area contributed by atoms with Crippen LogP contribution in [0.25, 0.3) is 0 Å². The predicted octanol–water partition coefficient (Wildman–Crippen LogP) is 2.48. The SMILES string of the molecule is CCOCCCNc1ccc(N(C)C(=O)CC)cc1N. The average molecular weight is 279 g/mol. The van der Waals surface area contributed by atoms with Gasteiger partial charge in [0.05, 0.1) is 11.4 Å². The summed E-state index contributed by atoms with van der Waals surface area (Å²) in [5.74, 6) is 0.0711. The van der Waals surface area contributed by atoms with Crippen LogP contribution in [-0.2, 0) is 9.53 Å². The van der Waals surface area contributed by atoms with Gasteiger partial charge in [-0.15, -0.1) is 0 Å². The van der Waals surface area contributed by atoms with Crippen molar-refractivity contribution in [3.63, 3.8) is 0 Å². The third-order valence-corrected chi connectivity index (χ3v) is 3.08. The normalized spacial score (nSPS) is 10.3. The van der Waals surface area contributed by atoms with Crippen molar-refractivity contribution >= 4 is 23.0 Å². The van der Waals surface area contributed by atoms with E-state index in [0.29, 0.717) is 12.1 Å². The van der Waals surface area contributed by atoms with E-state index < -0.39 is 0 Å². The van der Waals surface area contributed by atoms with Gasteiger partial charge in [-0.05, 0) is 31.5 Å². The number of anilines is 3. The number of carbonyl (C=O) groups is 1. The molecule has 20 heavy (non-hydrogen) atoms. The van der Waals surface area contributed by atoms with E-state index in [4.69, 9.17) is 10.5 Å². The number of hydrogen-bond donors (Lipinski definition) is 2. The Hall–Kier alpha value is -1.75. The summed E-state index contributed by atoms with van der Waals surface area (Å²) in [4.78, 5) is 13.3. The van der Waals surface area contributed by atoms with E-state index in [1.165, 1.54) is 0 Å². The molecule has 0 radical (unpaired) electrons. The molecule has 1 aromatic rings. The second kappa shape index (κ2) is 8.43. The highest BCUT2D eigenvalue weighted by Gasteiger charge is 2.09. The second-order valence-corrected chi connectivity index (χ2v) is 4.56. The summed E-state index contributed by atoms with van der Waals surface area (Å²) in [5, 5.41) is 3.27. The van der Waals surface area contributed by atoms with Crippen LogP contribution in [0.4, 0.5) is 17.1 Å². The van der Waals surface area contributed by atoms with Gasteiger partial charge >= 0.3 is 0 Å². The lowest BCUT2D eigenvalue weighted by molar-refractivity contribution is -0.118. The molecule has 0 fully saturated rings. The summed E-state index contributed by atoms with van der Waals surface area (Å²) >= 11 is 0. The van der Waals surface area contributed by atoms with Gasteiger partial charge in [0, 0.05) is 38.9 Å². The molecule has 0 saturated heterocycles. The van der Waals surface area contributed by atoms with E-state index in [1.807, 2.05) is 32.0 Å². The molecule has 3 N–H and O–H groups in total. The first kappa shape index (κ1) is 16.3. The van der Waals surface area contributed by atoms with Gasteiger partial charge in [0.2, 0.25) is 5.91 Å². The Balaban J connectivity index is 2.57. The third kappa shape index (κ3) is 4.74. The molecule has 0 unspecified atom stereocenters. The van der Waals surface area contributed by atoms with E-state index in [1.54, 1.807) is 11.9 Å². The van der Waals surface area contributed by atoms with Crippen molar-refractivity contribution in [2.45, 2.75) is 26.7 Å². The molecule has 0 aromatic heterocycles. The summed E-state index contributed by atoms with van der Waals surface area (Å²) in [6, 6.07) is 5.62. The van der Waals surface area contributed by atoms with Crippen LogP contribution in [0.5, 0.6) is 0 Å². The maximum atomic E-state index is 11.6. The zero-order valence-corrected chi connectivity index (χ0v) is 12.6. The summed E-state index contributed by atoms with van der Waals surface area (Å²) in [7, 11) is 1.76. The van der Waals surface area contributed by atoms with Gasteiger partial charge < -0.3 is 20.7 Å². The Morgan fingerprint density at radius 2 is 2.15 bits per heavy atom. The zero-order valence-electron chi connectivity index (χ0n) is 12.6. The number of nitrogens with two attached hydrogens (primary N) is 1. The number of benzene rings is 1. The van der Waals surface area contributed by atoms with Crippen molar-refractivity contribution in [1.29, 1.82) is 0 Å². The van der Waals surface area contributed by atoms with Crippen LogP contribution in [0.2, 0.25) is 0 Å². The van der Waals surface area contributed by atoms with E-state index >= 15 is 0 Å². The van der Waals surface area contributed by atoms with Crippen LogP contribution in [0.3, 0.4) is 0 Å². The molecule has 1 amide bonds. The summed E-state index contributed by atoms with van der Waals surface area (Å²) in [5.41, 5.74) is 8.36. The molecule has 112 valence electrons. The summed E-state index contributed by atoms with van der Waals surface area (Å²) in [6.45, 7) is 6.13. The lowest BCUT2D eigenvalue weighted by atomic mass is 10.2. The lowest BCUT2D eigenvalue weighted by Crippen LogP contribution is -2.25. The minimum absolute atomic E-state index is 0.0711. The number of rotatable bonds is 8. The van der Waals surface area contributed by atoms with E-state index in [9.17, 15) is 4.79 Å². The van der Waals surface area contributed by atoms with Gasteiger partial charge in [-0.25, -0.2) is 0 Å². The van der Waals surface area contributed by atoms with Gasteiger partial charge in [0.25, 0.3) is 0 Å². The fourth-order valence-corrected chi connectivity index (χ4v) is 1.84. The zero-order chi connectivity index (χ0) is 15.0. The standard InChI is InChI=1S/C15H25N3O2/c1-4-15(19)18(3)12-7-8-14(13(16)11-12)17-9-6-10-20-5-2/h7-8,11,17H,4-6,9-10,16H2,1-3H3. The smallest absolute Gasteiger partial charge is 0.226 e. The highest BCUT2D eigenvalue weighted by Crippen LogP contribution is 2.25. The third-order valence-electron chi connectivity index (χ3n) is 3.08. The Labute approximate surface area is 121 Å². The van der Waals surface area contributed by atoms with Gasteiger partial charge in [-0.2, -0.15) is 0 Å². The molecule has 0 saturated carbocycles. The van der Waals surface area contributed by atoms with Crippen LogP contribution >= 0.6 is 0 Å². The minimum Gasteiger partial charge on any atom is -0.397 e. The monoisotopic (exact) mass is 279 g/mol. The molecule has 0 atom stereocenters. The highest BCUT2D eigenvalue weighted by atomic mass is 16.5. The quantitative estimate of drug-likeness (QED) is 0.566. The number of hydrogen-bond acceptors (Lipinski definition) is 4. The van der Waals surface area contributed by atoms with Crippen LogP contribution in [0, 0.1) is 0 Å². The largest absolute Gasteiger partial charge is 0.397 e. The first-order valence-corrected chi connectivity index (χ1v) is 7.07. The summed E-state index contributed by atoms with van der Waals surface area (Å²) < 4.78 is 5.28. The number of amides is 1. The van der Waals surface area contributed by atoms with Gasteiger partial charge in [0.1, 0.15) is 0 Å². The fourth-order valence-electron chi connectivity index (χ4n) is 1.84. The highest BCUT2D eigenvalue weighted by molar-refractivity contribution is 5.93.